The van der Waals surface area contributed by atoms with Crippen molar-refractivity contribution in [1.82, 2.24) is 4.48 Å². The topological polar surface area (TPSA) is 35.8 Å². The molecule has 1 aliphatic heterocycles. The molecule has 6 aromatic carbocycles. The van der Waals surface area contributed by atoms with Crippen molar-refractivity contribution >= 4 is 24.1 Å². The Kier molecular flexibility index (Phi) is 13.9. The summed E-state index contributed by atoms with van der Waals surface area (Å²) in [6.07, 6.45) is 2.05. The summed E-state index contributed by atoms with van der Waals surface area (Å²) in [4.78, 5) is 5.42. The molecule has 0 radical (unpaired) electrons. The van der Waals surface area contributed by atoms with Crippen LogP contribution in [0.1, 0.15) is 129 Å². The average molecular weight is 991 g/mol. The lowest BCUT2D eigenvalue weighted by molar-refractivity contribution is 0.387. The van der Waals surface area contributed by atoms with Gasteiger partial charge < -0.3 is 13.8 Å². The predicted molar refractivity (Wildman–Crippen MR) is 285 cm³/mol. The number of nitrogens with zero attached hydrogens (tertiary/aromatic N) is 2. The quantitative estimate of drug-likeness (QED) is 0.0778. The molecule has 0 N–H and O–H groups in total. The van der Waals surface area contributed by atoms with Crippen LogP contribution in [-0.4, -0.2) is 17.4 Å². The van der Waals surface area contributed by atoms with Gasteiger partial charge in [0.15, 0.2) is 34.9 Å². The third kappa shape index (κ3) is 11.0. The fraction of sp³-hybridized carbons (Fsp3) is 0.274. The number of halogens is 6. The molecule has 1 aromatic heterocycles. The second-order valence-corrected chi connectivity index (χ2v) is 22.9. The molecule has 11 heteroatoms. The molecular weight excluding hydrogens is 929 g/mol. The smallest absolute Gasteiger partial charge is 0.506 e. The molecule has 0 spiro atoms. The number of hydrogen-bond donors (Lipinski definition) is 0. The van der Waals surface area contributed by atoms with E-state index in [-0.39, 0.29) is 21.7 Å². The fourth-order valence-corrected chi connectivity index (χ4v) is 8.90. The summed E-state index contributed by atoms with van der Waals surface area (Å²) < 4.78 is 104. The third-order valence-corrected chi connectivity index (χ3v) is 13.3. The molecule has 73 heavy (non-hydrogen) atoms. The van der Waals surface area contributed by atoms with Gasteiger partial charge in [-0.2, -0.15) is 0 Å². The molecule has 0 amide bonds. The van der Waals surface area contributed by atoms with E-state index in [1.54, 1.807) is 4.48 Å². The second-order valence-electron chi connectivity index (χ2n) is 22.9. The number of rotatable bonds is 10. The molecule has 8 rings (SSSR count). The zero-order valence-corrected chi connectivity index (χ0v) is 43.8. The van der Waals surface area contributed by atoms with E-state index in [2.05, 4.69) is 132 Å². The van der Waals surface area contributed by atoms with Crippen LogP contribution >= 0.6 is 0 Å². The van der Waals surface area contributed by atoms with Crippen LogP contribution in [0.15, 0.2) is 144 Å². The van der Waals surface area contributed by atoms with E-state index in [0.29, 0.717) is 63.8 Å². The van der Waals surface area contributed by atoms with E-state index in [4.69, 9.17) is 14.3 Å². The summed E-state index contributed by atoms with van der Waals surface area (Å²) >= 11 is 0. The summed E-state index contributed by atoms with van der Waals surface area (Å²) in [6.45, 7) is 27.4. The summed E-state index contributed by atoms with van der Waals surface area (Å²) in [5, 5.41) is 0. The Morgan fingerprint density at radius 2 is 0.795 bits per heavy atom. The summed E-state index contributed by atoms with van der Waals surface area (Å²) in [6, 6.07) is 37.1. The molecule has 376 valence electrons. The molecule has 0 saturated carbocycles. The Hall–Kier alpha value is -7.01. The van der Waals surface area contributed by atoms with Crippen molar-refractivity contribution in [3.63, 3.8) is 0 Å². The molecule has 0 fully saturated rings. The number of allylic oxidation sites excluding steroid dienone is 3. The minimum Gasteiger partial charge on any atom is -0.506 e. The molecule has 0 saturated heterocycles. The molecule has 2 heterocycles. The highest BCUT2D eigenvalue weighted by Crippen LogP contribution is 2.44. The first kappa shape index (κ1) is 52.3. The van der Waals surface area contributed by atoms with Crippen LogP contribution in [0.2, 0.25) is 0 Å². The zero-order valence-electron chi connectivity index (χ0n) is 43.8. The molecule has 4 nitrogen and oxygen atoms in total. The molecular formula is C62H61BF6N2O2. The largest absolute Gasteiger partial charge is 0.743 e. The van der Waals surface area contributed by atoms with Gasteiger partial charge in [-0.15, -0.1) is 0 Å². The van der Waals surface area contributed by atoms with Crippen molar-refractivity contribution in [3.8, 4) is 33.9 Å². The van der Waals surface area contributed by atoms with Crippen LogP contribution in [0.5, 0.6) is 11.5 Å². The van der Waals surface area contributed by atoms with Crippen molar-refractivity contribution in [3.05, 3.63) is 213 Å². The fourth-order valence-electron chi connectivity index (χ4n) is 8.90. The summed E-state index contributed by atoms with van der Waals surface area (Å²) in [5.41, 5.74) is 11.0. The Morgan fingerprint density at radius 1 is 0.452 bits per heavy atom. The first-order valence-corrected chi connectivity index (χ1v) is 24.4. The van der Waals surface area contributed by atoms with Gasteiger partial charge in [0.25, 0.3) is 0 Å². The maximum absolute atomic E-state index is 15.1. The zero-order chi connectivity index (χ0) is 53.1. The summed E-state index contributed by atoms with van der Waals surface area (Å²) in [5.74, 6) is -10.7. The normalized spacial score (nSPS) is 14.0. The van der Waals surface area contributed by atoms with E-state index >= 15 is 17.6 Å². The second kappa shape index (κ2) is 19.4. The maximum atomic E-state index is 15.1. The minimum absolute atomic E-state index is 0.0945. The maximum Gasteiger partial charge on any atom is 0.743 e. The van der Waals surface area contributed by atoms with Crippen LogP contribution in [0.25, 0.3) is 33.5 Å². The van der Waals surface area contributed by atoms with Crippen molar-refractivity contribution in [1.29, 1.82) is 0 Å². The Bertz CT molecular complexity index is 3200. The third-order valence-electron chi connectivity index (χ3n) is 13.3. The monoisotopic (exact) mass is 990 g/mol. The van der Waals surface area contributed by atoms with Crippen LogP contribution < -0.4 is 9.31 Å². The van der Waals surface area contributed by atoms with Crippen LogP contribution in [0.4, 0.5) is 26.3 Å². The van der Waals surface area contributed by atoms with E-state index in [1.165, 1.54) is 0 Å². The first-order chi connectivity index (χ1) is 34.1. The summed E-state index contributed by atoms with van der Waals surface area (Å²) in [7, 11) is -1.87. The molecule has 0 bridgehead atoms. The van der Waals surface area contributed by atoms with Crippen molar-refractivity contribution < 1.29 is 35.7 Å². The lowest BCUT2D eigenvalue weighted by atomic mass is 9.85. The lowest BCUT2D eigenvalue weighted by Gasteiger charge is -2.24. The van der Waals surface area contributed by atoms with Crippen LogP contribution in [0.3, 0.4) is 0 Å². The number of hydrogen-bond acceptors (Lipinski definition) is 3. The first-order valence-electron chi connectivity index (χ1n) is 24.4. The van der Waals surface area contributed by atoms with Crippen LogP contribution in [0, 0.1) is 34.9 Å². The minimum atomic E-state index is -1.87. The van der Waals surface area contributed by atoms with Crippen LogP contribution in [-0.2, 0) is 21.7 Å². The van der Waals surface area contributed by atoms with Gasteiger partial charge in [0, 0.05) is 52.4 Å². The van der Waals surface area contributed by atoms with Gasteiger partial charge in [-0.1, -0.05) is 180 Å². The standard InChI is InChI=1S/C62H61BF6N2O2/c1-36(57-47(37-14-22-41(23-15-37)59(2,3)4)34-53(70-57)39-18-26-43(27-19-39)61(8,9)10)58-48(38-16-24-42(25-17-38)60(5,6)7)35-54(40-20-28-44(29-21-40)62(11,12)13)71(58)63(72-45-30-49(64)55(68)50(65)31-45)73-46-32-51(66)56(69)52(67)33-46/h14-35H,1-13H3/b57-36-. The molecule has 7 aromatic rings. The van der Waals surface area contributed by atoms with E-state index < -0.39 is 53.7 Å². The van der Waals surface area contributed by atoms with Gasteiger partial charge in [0.05, 0.1) is 11.4 Å². The van der Waals surface area contributed by atoms with Crippen molar-refractivity contribution in [2.45, 2.75) is 112 Å². The Morgan fingerprint density at radius 3 is 1.16 bits per heavy atom. The lowest BCUT2D eigenvalue weighted by Crippen LogP contribution is -2.40. The number of aliphatic imine (C=N–C) groups is 1. The van der Waals surface area contributed by atoms with Crippen molar-refractivity contribution in [2.24, 2.45) is 4.99 Å². The predicted octanol–water partition coefficient (Wildman–Crippen LogP) is 17.2. The molecule has 0 aliphatic carbocycles. The average Bonchev–Trinajstić information content (AvgIpc) is 3.95. The molecule has 0 atom stereocenters. The number of benzene rings is 6. The Balaban J connectivity index is 1.49. The van der Waals surface area contributed by atoms with Gasteiger partial charge in [0.1, 0.15) is 11.5 Å². The van der Waals surface area contributed by atoms with E-state index in [1.807, 2.05) is 67.6 Å². The SMILES string of the molecule is C/C(=C1/N=C(c2ccc(C(C)(C)C)cc2)C=C1c1ccc(C(C)(C)C)cc1)c1c(-c2ccc(C(C)(C)C)cc2)cc(-c2ccc(C(C)(C)C)cc2)n1B(Oc1cc(F)c(F)c(F)c1)Oc1cc(F)c(F)c(F)c1. The van der Waals surface area contributed by atoms with Gasteiger partial charge in [-0.3, -0.25) is 0 Å². The van der Waals surface area contributed by atoms with Gasteiger partial charge in [0.2, 0.25) is 0 Å². The molecule has 0 unspecified atom stereocenters. The highest BCUT2D eigenvalue weighted by molar-refractivity contribution is 6.46. The van der Waals surface area contributed by atoms with Gasteiger partial charge >= 0.3 is 7.25 Å². The Labute approximate surface area is 426 Å². The van der Waals surface area contributed by atoms with Gasteiger partial charge in [-0.25, -0.2) is 31.3 Å². The van der Waals surface area contributed by atoms with E-state index in [0.717, 1.165) is 44.5 Å². The highest BCUT2D eigenvalue weighted by atomic mass is 19.2. The molecule has 1 aliphatic rings. The number of aromatic nitrogens is 1. The highest BCUT2D eigenvalue weighted by Gasteiger charge is 2.38. The van der Waals surface area contributed by atoms with E-state index in [9.17, 15) is 8.78 Å². The van der Waals surface area contributed by atoms with Gasteiger partial charge in [-0.05, 0) is 85.2 Å². The van der Waals surface area contributed by atoms with Crippen molar-refractivity contribution in [2.75, 3.05) is 0 Å².